The van der Waals surface area contributed by atoms with E-state index in [0.29, 0.717) is 0 Å². The van der Waals surface area contributed by atoms with Gasteiger partial charge >= 0.3 is 0 Å². The van der Waals surface area contributed by atoms with Crippen LogP contribution in [0, 0.1) is 0 Å². The Balaban J connectivity index is 1.98. The molecule has 0 atom stereocenters. The lowest BCUT2D eigenvalue weighted by Gasteiger charge is -2.33. The average Bonchev–Trinajstić information content (AvgIpc) is 3.00. The van der Waals surface area contributed by atoms with Gasteiger partial charge in [-0.1, -0.05) is 72.8 Å². The minimum Gasteiger partial charge on any atom is -0.508 e. The summed E-state index contributed by atoms with van der Waals surface area (Å²) in [6.45, 7) is 0. The van der Waals surface area contributed by atoms with Gasteiger partial charge in [0.25, 0.3) is 0 Å². The lowest BCUT2D eigenvalue weighted by atomic mass is 9.67. The molecule has 0 fully saturated rings. The Kier molecular flexibility index (Phi) is 3.34. The first-order valence-electron chi connectivity index (χ1n) is 8.99. The third-order valence-corrected chi connectivity index (χ3v) is 5.51. The minimum absolute atomic E-state index is 0.230. The van der Waals surface area contributed by atoms with E-state index in [1.165, 1.54) is 11.1 Å². The highest BCUT2D eigenvalue weighted by Crippen LogP contribution is 2.56. The van der Waals surface area contributed by atoms with Crippen LogP contribution >= 0.6 is 0 Å². The highest BCUT2D eigenvalue weighted by atomic mass is 16.3. The maximum absolute atomic E-state index is 10.2. The summed E-state index contributed by atoms with van der Waals surface area (Å²) in [5.74, 6) is 0.461. The molecule has 0 unspecified atom stereocenters. The maximum Gasteiger partial charge on any atom is 0.115 e. The molecule has 0 bridgehead atoms. The molecule has 4 aromatic carbocycles. The van der Waals surface area contributed by atoms with Crippen molar-refractivity contribution in [2.24, 2.45) is 0 Å². The highest BCUT2D eigenvalue weighted by Gasteiger charge is 2.46. The van der Waals surface area contributed by atoms with Gasteiger partial charge in [-0.05, 0) is 57.6 Å². The second-order valence-electron chi connectivity index (χ2n) is 6.94. The van der Waals surface area contributed by atoms with Crippen molar-refractivity contribution < 1.29 is 10.2 Å². The Morgan fingerprint density at radius 1 is 0.481 bits per heavy atom. The predicted octanol–water partition coefficient (Wildman–Crippen LogP) is 5.46. The summed E-state index contributed by atoms with van der Waals surface area (Å²) in [5, 5.41) is 20.5. The zero-order valence-corrected chi connectivity index (χ0v) is 14.6. The molecule has 0 heterocycles. The fraction of sp³-hybridized carbons (Fsp3) is 0.0400. The van der Waals surface area contributed by atoms with Crippen LogP contribution in [0.5, 0.6) is 11.5 Å². The van der Waals surface area contributed by atoms with E-state index in [4.69, 9.17) is 0 Å². The molecule has 0 amide bonds. The van der Waals surface area contributed by atoms with E-state index in [1.807, 2.05) is 48.5 Å². The van der Waals surface area contributed by atoms with Crippen LogP contribution < -0.4 is 0 Å². The Morgan fingerprint density at radius 3 is 1.37 bits per heavy atom. The van der Waals surface area contributed by atoms with Crippen LogP contribution in [0.4, 0.5) is 0 Å². The zero-order chi connectivity index (χ0) is 18.4. The molecule has 27 heavy (non-hydrogen) atoms. The van der Waals surface area contributed by atoms with E-state index in [2.05, 4.69) is 36.4 Å². The normalized spacial score (nSPS) is 13.8. The number of rotatable bonds is 2. The second kappa shape index (κ2) is 5.75. The molecular weight excluding hydrogens is 332 g/mol. The van der Waals surface area contributed by atoms with Gasteiger partial charge in [-0.3, -0.25) is 0 Å². The number of hydrogen-bond acceptors (Lipinski definition) is 2. The number of phenolic OH excluding ortho intramolecular Hbond substituents is 2. The quantitative estimate of drug-likeness (QED) is 0.444. The monoisotopic (exact) mass is 350 g/mol. The first-order chi connectivity index (χ1) is 13.2. The fourth-order valence-corrected chi connectivity index (χ4v) is 4.50. The van der Waals surface area contributed by atoms with Crippen LogP contribution in [0.1, 0.15) is 22.3 Å². The third-order valence-electron chi connectivity index (χ3n) is 5.51. The molecule has 4 aromatic rings. The van der Waals surface area contributed by atoms with E-state index in [-0.39, 0.29) is 11.5 Å². The number of benzene rings is 4. The average molecular weight is 350 g/mol. The van der Waals surface area contributed by atoms with Crippen molar-refractivity contribution in [1.82, 2.24) is 0 Å². The van der Waals surface area contributed by atoms with Crippen molar-refractivity contribution in [3.8, 4) is 22.6 Å². The Bertz CT molecular complexity index is 1070. The number of aromatic hydroxyl groups is 2. The van der Waals surface area contributed by atoms with Gasteiger partial charge in [-0.25, -0.2) is 0 Å². The van der Waals surface area contributed by atoms with Gasteiger partial charge in [0, 0.05) is 0 Å². The molecule has 5 rings (SSSR count). The Hall–Kier alpha value is -3.52. The van der Waals surface area contributed by atoms with Crippen molar-refractivity contribution in [2.75, 3.05) is 0 Å². The molecule has 0 spiro atoms. The second-order valence-corrected chi connectivity index (χ2v) is 6.94. The van der Waals surface area contributed by atoms with Gasteiger partial charge in [0.1, 0.15) is 11.5 Å². The van der Waals surface area contributed by atoms with E-state index < -0.39 is 5.41 Å². The van der Waals surface area contributed by atoms with Gasteiger partial charge in [0.15, 0.2) is 0 Å². The van der Waals surface area contributed by atoms with Crippen molar-refractivity contribution in [3.05, 3.63) is 119 Å². The first kappa shape index (κ1) is 15.7. The number of phenols is 2. The largest absolute Gasteiger partial charge is 0.508 e. The molecule has 0 aromatic heterocycles. The van der Waals surface area contributed by atoms with Gasteiger partial charge in [-0.2, -0.15) is 0 Å². The van der Waals surface area contributed by atoms with Crippen LogP contribution in [-0.4, -0.2) is 10.2 Å². The summed E-state index contributed by atoms with van der Waals surface area (Å²) in [6.07, 6.45) is 0. The van der Waals surface area contributed by atoms with Gasteiger partial charge in [0.05, 0.1) is 5.41 Å². The minimum atomic E-state index is -0.593. The van der Waals surface area contributed by atoms with Crippen LogP contribution in [0.3, 0.4) is 0 Å². The summed E-state index contributed by atoms with van der Waals surface area (Å²) < 4.78 is 0. The van der Waals surface area contributed by atoms with E-state index in [9.17, 15) is 10.2 Å². The number of hydrogen-bond donors (Lipinski definition) is 2. The molecule has 0 radical (unpaired) electrons. The molecule has 130 valence electrons. The summed E-state index contributed by atoms with van der Waals surface area (Å²) in [6, 6.07) is 31.6. The molecule has 2 heteroatoms. The third kappa shape index (κ3) is 2.13. The van der Waals surface area contributed by atoms with Crippen molar-refractivity contribution in [3.63, 3.8) is 0 Å². The Labute approximate surface area is 158 Å². The van der Waals surface area contributed by atoms with E-state index in [0.717, 1.165) is 22.3 Å². The first-order valence-corrected chi connectivity index (χ1v) is 8.99. The number of fused-ring (bicyclic) bond motifs is 3. The van der Waals surface area contributed by atoms with Crippen molar-refractivity contribution >= 4 is 0 Å². The summed E-state index contributed by atoms with van der Waals surface area (Å²) in [7, 11) is 0. The molecule has 1 aliphatic carbocycles. The summed E-state index contributed by atoms with van der Waals surface area (Å²) in [4.78, 5) is 0. The van der Waals surface area contributed by atoms with Crippen molar-refractivity contribution in [2.45, 2.75) is 5.41 Å². The van der Waals surface area contributed by atoms with E-state index >= 15 is 0 Å². The molecule has 1 aliphatic rings. The SMILES string of the molecule is Oc1cccc(C2(c3cccc(O)c3)c3ccccc3-c3ccccc32)c1. The lowest BCUT2D eigenvalue weighted by molar-refractivity contribution is 0.472. The summed E-state index contributed by atoms with van der Waals surface area (Å²) >= 11 is 0. The van der Waals surface area contributed by atoms with Gasteiger partial charge in [-0.15, -0.1) is 0 Å². The fourth-order valence-electron chi connectivity index (χ4n) is 4.50. The van der Waals surface area contributed by atoms with Crippen molar-refractivity contribution in [1.29, 1.82) is 0 Å². The standard InChI is InChI=1S/C25H18O2/c26-19-9-5-7-17(15-19)25(18-8-6-10-20(27)16-18)23-13-3-1-11-21(23)22-12-2-4-14-24(22)25/h1-16,26-27H. The maximum atomic E-state index is 10.2. The van der Waals surface area contributed by atoms with Crippen LogP contribution in [0.25, 0.3) is 11.1 Å². The van der Waals surface area contributed by atoms with Crippen LogP contribution in [-0.2, 0) is 5.41 Å². The molecular formula is C25H18O2. The topological polar surface area (TPSA) is 40.5 Å². The lowest BCUT2D eigenvalue weighted by Crippen LogP contribution is -2.28. The Morgan fingerprint density at radius 2 is 0.926 bits per heavy atom. The molecule has 0 aliphatic heterocycles. The van der Waals surface area contributed by atoms with Crippen LogP contribution in [0.15, 0.2) is 97.1 Å². The molecule has 0 saturated heterocycles. The van der Waals surface area contributed by atoms with Crippen LogP contribution in [0.2, 0.25) is 0 Å². The zero-order valence-electron chi connectivity index (χ0n) is 14.6. The summed E-state index contributed by atoms with van der Waals surface area (Å²) in [5.41, 5.74) is 6.03. The van der Waals surface area contributed by atoms with Gasteiger partial charge < -0.3 is 10.2 Å². The van der Waals surface area contributed by atoms with Gasteiger partial charge in [0.2, 0.25) is 0 Å². The molecule has 2 N–H and O–H groups in total. The van der Waals surface area contributed by atoms with E-state index in [1.54, 1.807) is 12.1 Å². The molecule has 0 saturated carbocycles. The molecule has 2 nitrogen and oxygen atoms in total. The smallest absolute Gasteiger partial charge is 0.115 e. The highest BCUT2D eigenvalue weighted by molar-refractivity contribution is 5.86. The predicted molar refractivity (Wildman–Crippen MR) is 107 cm³/mol.